The maximum absolute atomic E-state index is 11.6. The molecular weight excluding hydrogens is 308 g/mol. The lowest BCUT2D eigenvalue weighted by atomic mass is 10.1. The van der Waals surface area contributed by atoms with Gasteiger partial charge in [0.05, 0.1) is 9.82 Å². The van der Waals surface area contributed by atoms with Crippen LogP contribution in [0.2, 0.25) is 0 Å². The summed E-state index contributed by atoms with van der Waals surface area (Å²) in [5.74, 6) is -0.291. The highest BCUT2D eigenvalue weighted by Gasteiger charge is 2.21. The van der Waals surface area contributed by atoms with Crippen LogP contribution in [0.25, 0.3) is 0 Å². The van der Waals surface area contributed by atoms with Gasteiger partial charge in [0.1, 0.15) is 5.69 Å². The van der Waals surface area contributed by atoms with Crippen LogP contribution in [-0.4, -0.2) is 19.2 Å². The van der Waals surface area contributed by atoms with Gasteiger partial charge < -0.3 is 5.32 Å². The van der Waals surface area contributed by atoms with Crippen molar-refractivity contribution in [2.75, 3.05) is 5.32 Å². The van der Waals surface area contributed by atoms with Crippen molar-refractivity contribution in [2.24, 2.45) is 5.92 Å². The summed E-state index contributed by atoms with van der Waals surface area (Å²) in [4.78, 5) is 21.3. The quantitative estimate of drug-likeness (QED) is 0.509. The van der Waals surface area contributed by atoms with Gasteiger partial charge >= 0.3 is 0 Å². The van der Waals surface area contributed by atoms with Gasteiger partial charge in [-0.25, -0.2) is 8.42 Å². The Bertz CT molecular complexity index is 642. The summed E-state index contributed by atoms with van der Waals surface area (Å²) in [6, 6.07) is 3.05. The van der Waals surface area contributed by atoms with Crippen molar-refractivity contribution in [3.8, 4) is 0 Å². The number of benzene rings is 1. The largest absolute Gasteiger partial charge is 0.320 e. The predicted octanol–water partition coefficient (Wildman–Crippen LogP) is 2.51. The number of rotatable bonds is 5. The maximum Gasteiger partial charge on any atom is 0.294 e. The molecule has 1 amide bonds. The topological polar surface area (TPSA) is 106 Å². The molecule has 0 fully saturated rings. The van der Waals surface area contributed by atoms with Gasteiger partial charge in [0.2, 0.25) is 5.91 Å². The average molecular weight is 321 g/mol. The van der Waals surface area contributed by atoms with Gasteiger partial charge in [0, 0.05) is 23.2 Å². The molecule has 0 radical (unpaired) electrons. The number of amides is 1. The zero-order valence-corrected chi connectivity index (χ0v) is 12.4. The van der Waals surface area contributed by atoms with Crippen molar-refractivity contribution in [3.63, 3.8) is 0 Å². The van der Waals surface area contributed by atoms with E-state index >= 15 is 0 Å². The second-order valence-corrected chi connectivity index (χ2v) is 7.09. The molecule has 0 heterocycles. The average Bonchev–Trinajstić information content (AvgIpc) is 2.26. The van der Waals surface area contributed by atoms with Crippen LogP contribution < -0.4 is 5.32 Å². The minimum absolute atomic E-state index is 0.0651. The van der Waals surface area contributed by atoms with Gasteiger partial charge in [0.25, 0.3) is 14.7 Å². The fourth-order valence-corrected chi connectivity index (χ4v) is 2.26. The molecule has 1 aromatic carbocycles. The molecule has 1 aromatic rings. The van der Waals surface area contributed by atoms with Crippen LogP contribution in [0.5, 0.6) is 0 Å². The van der Waals surface area contributed by atoms with E-state index in [-0.39, 0.29) is 23.9 Å². The lowest BCUT2D eigenvalue weighted by Gasteiger charge is -2.08. The monoisotopic (exact) mass is 320 g/mol. The highest BCUT2D eigenvalue weighted by Crippen LogP contribution is 2.29. The van der Waals surface area contributed by atoms with E-state index in [1.165, 1.54) is 0 Å². The van der Waals surface area contributed by atoms with Crippen LogP contribution in [0.15, 0.2) is 23.1 Å². The van der Waals surface area contributed by atoms with Crippen LogP contribution in [-0.2, 0) is 13.8 Å². The molecule has 0 aliphatic heterocycles. The van der Waals surface area contributed by atoms with E-state index in [0.29, 0.717) is 0 Å². The molecule has 0 saturated carbocycles. The second-order valence-electron chi connectivity index (χ2n) is 4.52. The summed E-state index contributed by atoms with van der Waals surface area (Å²) in [5.41, 5.74) is -0.589. The second kappa shape index (κ2) is 6.19. The number of nitro benzene ring substituents is 1. The third kappa shape index (κ3) is 4.46. The van der Waals surface area contributed by atoms with E-state index in [2.05, 4.69) is 5.32 Å². The Kier molecular flexibility index (Phi) is 5.07. The number of nitro groups is 1. The van der Waals surface area contributed by atoms with E-state index in [1.807, 2.05) is 13.8 Å². The third-order valence-corrected chi connectivity index (χ3v) is 3.67. The van der Waals surface area contributed by atoms with Crippen molar-refractivity contribution in [2.45, 2.75) is 25.2 Å². The highest BCUT2D eigenvalue weighted by molar-refractivity contribution is 8.13. The molecule has 0 bridgehead atoms. The lowest BCUT2D eigenvalue weighted by Crippen LogP contribution is -2.15. The lowest BCUT2D eigenvalue weighted by molar-refractivity contribution is -0.384. The normalized spacial score (nSPS) is 11.4. The van der Waals surface area contributed by atoms with Gasteiger partial charge in [-0.05, 0) is 18.1 Å². The smallest absolute Gasteiger partial charge is 0.294 e. The number of hydrogen-bond donors (Lipinski definition) is 1. The number of nitrogens with zero attached hydrogens (tertiary/aromatic N) is 1. The zero-order valence-electron chi connectivity index (χ0n) is 10.8. The Balaban J connectivity index is 3.15. The molecule has 1 N–H and O–H groups in total. The summed E-state index contributed by atoms with van der Waals surface area (Å²) in [6.45, 7) is 3.66. The minimum atomic E-state index is -4.07. The third-order valence-electron chi connectivity index (χ3n) is 2.32. The van der Waals surface area contributed by atoms with Gasteiger partial charge in [-0.2, -0.15) is 0 Å². The molecule has 0 saturated heterocycles. The molecule has 0 atom stereocenters. The van der Waals surface area contributed by atoms with E-state index in [1.54, 1.807) is 0 Å². The first-order valence-electron chi connectivity index (χ1n) is 5.64. The molecule has 110 valence electrons. The van der Waals surface area contributed by atoms with Crippen molar-refractivity contribution in [3.05, 3.63) is 28.3 Å². The molecule has 9 heteroatoms. The first-order chi connectivity index (χ1) is 9.11. The number of hydrogen-bond acceptors (Lipinski definition) is 5. The zero-order chi connectivity index (χ0) is 15.5. The highest BCUT2D eigenvalue weighted by atomic mass is 35.7. The van der Waals surface area contributed by atoms with Gasteiger partial charge in [-0.1, -0.05) is 13.8 Å². The predicted molar refractivity (Wildman–Crippen MR) is 74.2 cm³/mol. The fourth-order valence-electron chi connectivity index (χ4n) is 1.49. The number of nitrogens with one attached hydrogen (secondary N) is 1. The van der Waals surface area contributed by atoms with Crippen LogP contribution >= 0.6 is 10.7 Å². The van der Waals surface area contributed by atoms with Crippen molar-refractivity contribution >= 4 is 37.0 Å². The number of halogens is 1. The van der Waals surface area contributed by atoms with Crippen molar-refractivity contribution in [1.29, 1.82) is 0 Å². The van der Waals surface area contributed by atoms with Crippen LogP contribution in [0.4, 0.5) is 11.4 Å². The molecule has 1 rings (SSSR count). The summed E-state index contributed by atoms with van der Waals surface area (Å²) < 4.78 is 22.3. The van der Waals surface area contributed by atoms with E-state index < -0.39 is 24.6 Å². The van der Waals surface area contributed by atoms with Crippen LogP contribution in [0.1, 0.15) is 20.3 Å². The fraction of sp³-hybridized carbons (Fsp3) is 0.364. The Morgan fingerprint density at radius 2 is 2.05 bits per heavy atom. The molecule has 0 spiro atoms. The van der Waals surface area contributed by atoms with E-state index in [0.717, 1.165) is 18.2 Å². The first-order valence-corrected chi connectivity index (χ1v) is 7.95. The Morgan fingerprint density at radius 3 is 2.50 bits per heavy atom. The maximum atomic E-state index is 11.6. The summed E-state index contributed by atoms with van der Waals surface area (Å²) >= 11 is 0. The van der Waals surface area contributed by atoms with Gasteiger partial charge in [0.15, 0.2) is 0 Å². The van der Waals surface area contributed by atoms with Gasteiger partial charge in [-0.15, -0.1) is 0 Å². The van der Waals surface area contributed by atoms with Crippen molar-refractivity contribution < 1.29 is 18.1 Å². The minimum Gasteiger partial charge on any atom is -0.320 e. The van der Waals surface area contributed by atoms with Crippen LogP contribution in [0, 0.1) is 16.0 Å². The number of anilines is 1. The van der Waals surface area contributed by atoms with Crippen LogP contribution in [0.3, 0.4) is 0 Å². The molecule has 0 aliphatic rings. The number of carbonyl (C=O) groups is 1. The SMILES string of the molecule is CC(C)CC(=O)Nc1ccc(S(=O)(=O)Cl)cc1[N+](=O)[O-]. The van der Waals surface area contributed by atoms with Crippen molar-refractivity contribution in [1.82, 2.24) is 0 Å². The Hall–Kier alpha value is -1.67. The van der Waals surface area contributed by atoms with Gasteiger partial charge in [-0.3, -0.25) is 14.9 Å². The van der Waals surface area contributed by atoms with E-state index in [4.69, 9.17) is 10.7 Å². The molecule has 0 aliphatic carbocycles. The standard InChI is InChI=1S/C11H13ClN2O5S/c1-7(2)5-11(15)13-9-4-3-8(20(12,18)19)6-10(9)14(16)17/h3-4,6-7H,5H2,1-2H3,(H,13,15). The Morgan fingerprint density at radius 1 is 1.45 bits per heavy atom. The molecule has 0 unspecified atom stereocenters. The molecular formula is C11H13ClN2O5S. The summed E-state index contributed by atoms with van der Waals surface area (Å²) in [7, 11) is 1.06. The summed E-state index contributed by atoms with van der Waals surface area (Å²) in [5, 5.41) is 13.3. The number of carbonyl (C=O) groups excluding carboxylic acids is 1. The molecule has 7 nitrogen and oxygen atoms in total. The molecule has 0 aromatic heterocycles. The molecule has 20 heavy (non-hydrogen) atoms. The first kappa shape index (κ1) is 16.4. The summed E-state index contributed by atoms with van der Waals surface area (Å²) in [6.07, 6.45) is 0.201. The Labute approximate surface area is 120 Å². The van der Waals surface area contributed by atoms with E-state index in [9.17, 15) is 23.3 Å².